The van der Waals surface area contributed by atoms with Crippen molar-refractivity contribution in [3.05, 3.63) is 89.4 Å². The van der Waals surface area contributed by atoms with Crippen LogP contribution in [0.5, 0.6) is 11.5 Å². The van der Waals surface area contributed by atoms with E-state index in [1.165, 1.54) is 12.3 Å². The highest BCUT2D eigenvalue weighted by Crippen LogP contribution is 2.39. The molecule has 1 saturated carbocycles. The molecule has 1 aliphatic heterocycles. The third kappa shape index (κ3) is 7.83. The van der Waals surface area contributed by atoms with Crippen molar-refractivity contribution in [3.8, 4) is 17.6 Å². The Labute approximate surface area is 279 Å². The Morgan fingerprint density at radius 3 is 2.81 bits per heavy atom. The summed E-state index contributed by atoms with van der Waals surface area (Å²) in [7, 11) is 0. The van der Waals surface area contributed by atoms with Gasteiger partial charge in [0.25, 0.3) is 0 Å². The normalized spacial score (nSPS) is 19.3. The first kappa shape index (κ1) is 32.3. The number of benzene rings is 2. The van der Waals surface area contributed by atoms with E-state index in [4.69, 9.17) is 21.1 Å². The maximum absolute atomic E-state index is 13.1. The molecular weight excluding hydrogens is 616 g/mol. The number of aliphatic hydroxyl groups excluding tert-OH is 1. The van der Waals surface area contributed by atoms with Crippen LogP contribution in [0.4, 0.5) is 17.1 Å². The second kappa shape index (κ2) is 14.8. The zero-order valence-electron chi connectivity index (χ0n) is 26.2. The van der Waals surface area contributed by atoms with Crippen LogP contribution in [0.25, 0.3) is 10.9 Å². The van der Waals surface area contributed by atoms with Crippen LogP contribution in [-0.2, 0) is 11.4 Å². The molecule has 3 N–H and O–H groups in total. The number of aromatic nitrogens is 2. The summed E-state index contributed by atoms with van der Waals surface area (Å²) in [4.78, 5) is 24.2. The van der Waals surface area contributed by atoms with Crippen molar-refractivity contribution in [1.29, 1.82) is 5.26 Å². The monoisotopic (exact) mass is 652 g/mol. The van der Waals surface area contributed by atoms with Crippen LogP contribution in [-0.4, -0.2) is 58.2 Å². The minimum absolute atomic E-state index is 0.177. The number of carbonyl (C=O) groups is 1. The number of rotatable bonds is 11. The van der Waals surface area contributed by atoms with E-state index in [2.05, 4.69) is 31.6 Å². The molecule has 2 aliphatic rings. The average molecular weight is 653 g/mol. The molecule has 3 heterocycles. The van der Waals surface area contributed by atoms with E-state index in [0.29, 0.717) is 75.0 Å². The van der Waals surface area contributed by atoms with Crippen LogP contribution in [0.2, 0.25) is 5.02 Å². The number of fused-ring (bicyclic) bond motifs is 2. The van der Waals surface area contributed by atoms with Gasteiger partial charge in [0.15, 0.2) is 0 Å². The number of likely N-dealkylation sites (tertiary alicyclic amines) is 1. The summed E-state index contributed by atoms with van der Waals surface area (Å²) >= 11 is 6.57. The zero-order chi connectivity index (χ0) is 32.8. The average Bonchev–Trinajstić information content (AvgIpc) is 3.45. The van der Waals surface area contributed by atoms with Crippen molar-refractivity contribution in [2.24, 2.45) is 11.8 Å². The van der Waals surface area contributed by atoms with Gasteiger partial charge in [0.2, 0.25) is 5.91 Å². The molecule has 1 aliphatic carbocycles. The molecular formula is C36H37ClN6O4. The number of pyridine rings is 2. The van der Waals surface area contributed by atoms with E-state index in [1.807, 2.05) is 37.3 Å². The van der Waals surface area contributed by atoms with Crippen molar-refractivity contribution < 1.29 is 19.4 Å². The molecule has 4 aromatic rings. The van der Waals surface area contributed by atoms with Gasteiger partial charge in [-0.3, -0.25) is 19.7 Å². The number of carbonyl (C=O) groups excluding carboxylic acids is 1. The van der Waals surface area contributed by atoms with Crippen molar-refractivity contribution in [3.63, 3.8) is 0 Å². The second-order valence-corrected chi connectivity index (χ2v) is 12.3. The lowest BCUT2D eigenvalue weighted by molar-refractivity contribution is -0.111. The predicted molar refractivity (Wildman–Crippen MR) is 182 cm³/mol. The fourth-order valence-electron chi connectivity index (χ4n) is 6.46. The number of piperidine rings is 1. The van der Waals surface area contributed by atoms with E-state index >= 15 is 0 Å². The molecule has 3 atom stereocenters. The summed E-state index contributed by atoms with van der Waals surface area (Å²) in [5, 5.41) is 27.3. The van der Waals surface area contributed by atoms with Crippen molar-refractivity contribution in [2.45, 2.75) is 38.9 Å². The molecule has 6 rings (SSSR count). The molecule has 0 radical (unpaired) electrons. The number of nitrogens with one attached hydrogen (secondary N) is 2. The maximum Gasteiger partial charge on any atom is 0.248 e. The number of ether oxygens (including phenoxy) is 2. The third-order valence-electron chi connectivity index (χ3n) is 8.71. The number of hydrogen-bond acceptors (Lipinski definition) is 9. The lowest BCUT2D eigenvalue weighted by Crippen LogP contribution is -2.38. The van der Waals surface area contributed by atoms with E-state index < -0.39 is 0 Å². The Morgan fingerprint density at radius 1 is 1.15 bits per heavy atom. The van der Waals surface area contributed by atoms with Crippen LogP contribution >= 0.6 is 11.6 Å². The number of nitriles is 1. The molecule has 2 aromatic carbocycles. The number of anilines is 3. The summed E-state index contributed by atoms with van der Waals surface area (Å²) in [6, 6.07) is 16.6. The highest BCUT2D eigenvalue weighted by molar-refractivity contribution is 6.32. The number of nitrogens with zero attached hydrogens (tertiary/aromatic N) is 4. The Bertz CT molecular complexity index is 1810. The lowest BCUT2D eigenvalue weighted by Gasteiger charge is -2.34. The van der Waals surface area contributed by atoms with Gasteiger partial charge in [-0.1, -0.05) is 23.7 Å². The minimum atomic E-state index is -0.288. The molecule has 2 fully saturated rings. The maximum atomic E-state index is 13.1. The van der Waals surface area contributed by atoms with Crippen LogP contribution in [0, 0.1) is 23.2 Å². The first-order valence-corrected chi connectivity index (χ1v) is 16.2. The molecule has 1 amide bonds. The molecule has 0 bridgehead atoms. The van der Waals surface area contributed by atoms with Crippen LogP contribution in [0.1, 0.15) is 37.4 Å². The van der Waals surface area contributed by atoms with Crippen LogP contribution in [0.15, 0.2) is 73.1 Å². The summed E-state index contributed by atoms with van der Waals surface area (Å²) in [6.07, 6.45) is 9.31. The number of hydrogen-bond donors (Lipinski definition) is 3. The summed E-state index contributed by atoms with van der Waals surface area (Å²) in [6.45, 7) is 5.12. The largest absolute Gasteiger partial charge is 0.492 e. The number of aliphatic hydroxyl groups is 1. The molecule has 1 saturated heterocycles. The van der Waals surface area contributed by atoms with Crippen LogP contribution in [0.3, 0.4) is 0 Å². The Balaban J connectivity index is 1.19. The van der Waals surface area contributed by atoms with Gasteiger partial charge < -0.3 is 25.2 Å². The van der Waals surface area contributed by atoms with E-state index in [0.717, 1.165) is 38.0 Å². The Hall–Kier alpha value is -4.69. The second-order valence-electron chi connectivity index (χ2n) is 11.9. The topological polar surface area (TPSA) is 133 Å². The molecule has 47 heavy (non-hydrogen) atoms. The Morgan fingerprint density at radius 2 is 2.02 bits per heavy atom. The smallest absolute Gasteiger partial charge is 0.248 e. The van der Waals surface area contributed by atoms with Crippen molar-refractivity contribution in [1.82, 2.24) is 14.9 Å². The van der Waals surface area contributed by atoms with Crippen molar-refractivity contribution in [2.75, 3.05) is 36.9 Å². The minimum Gasteiger partial charge on any atom is -0.492 e. The van der Waals surface area contributed by atoms with Crippen molar-refractivity contribution >= 4 is 45.5 Å². The summed E-state index contributed by atoms with van der Waals surface area (Å²) in [5.74, 6) is 1.83. The standard InChI is InChI=1S/C36H37ClN6O4/c1-2-46-34-18-31-29(17-32(34)42-35(45)7-5-12-43-13-10-23-14-28(44)15-24(23)21-43)36(25(19-38)20-40-31)41-26-8-9-33(30(37)16-26)47-22-27-6-3-4-11-39-27/h3-9,11,16-18,20,23-24,28,44H,2,10,12-15,21-22H2,1H3,(H,40,41)(H,42,45)/b7-5+/t23-,24-,28+/m0/s1. The van der Waals surface area contributed by atoms with Gasteiger partial charge in [0.1, 0.15) is 24.2 Å². The zero-order valence-corrected chi connectivity index (χ0v) is 26.9. The van der Waals surface area contributed by atoms with Gasteiger partial charge in [0.05, 0.1) is 45.9 Å². The molecule has 242 valence electrons. The fraction of sp³-hybridized carbons (Fsp3) is 0.333. The van der Waals surface area contributed by atoms with Crippen LogP contribution < -0.4 is 20.1 Å². The molecule has 2 aromatic heterocycles. The SMILES string of the molecule is CCOc1cc2ncc(C#N)c(Nc3ccc(OCc4ccccn4)c(Cl)c3)c2cc1NC(=O)/C=C/CN1CC[C@H]2C[C@@H](O)C[C@H]2C1. The first-order valence-electron chi connectivity index (χ1n) is 15.9. The van der Waals surface area contributed by atoms with Gasteiger partial charge >= 0.3 is 0 Å². The summed E-state index contributed by atoms with van der Waals surface area (Å²) < 4.78 is 11.7. The molecule has 10 nitrogen and oxygen atoms in total. The van der Waals surface area contributed by atoms with E-state index in [-0.39, 0.29) is 18.6 Å². The lowest BCUT2D eigenvalue weighted by atomic mass is 9.89. The van der Waals surface area contributed by atoms with Gasteiger partial charge in [0, 0.05) is 48.7 Å². The van der Waals surface area contributed by atoms with Gasteiger partial charge in [-0.2, -0.15) is 5.26 Å². The highest BCUT2D eigenvalue weighted by atomic mass is 35.5. The van der Waals surface area contributed by atoms with Gasteiger partial charge in [-0.15, -0.1) is 0 Å². The molecule has 0 spiro atoms. The summed E-state index contributed by atoms with van der Waals surface area (Å²) in [5.41, 5.74) is 3.32. The quantitative estimate of drug-likeness (QED) is 0.156. The van der Waals surface area contributed by atoms with E-state index in [9.17, 15) is 15.2 Å². The highest BCUT2D eigenvalue weighted by Gasteiger charge is 2.36. The third-order valence-corrected chi connectivity index (χ3v) is 9.00. The van der Waals surface area contributed by atoms with E-state index in [1.54, 1.807) is 30.5 Å². The first-order chi connectivity index (χ1) is 22.9. The van der Waals surface area contributed by atoms with Gasteiger partial charge in [-0.05, 0) is 81.0 Å². The number of amides is 1. The predicted octanol–water partition coefficient (Wildman–Crippen LogP) is 6.46. The number of halogens is 1. The molecule has 11 heteroatoms. The Kier molecular flexibility index (Phi) is 10.2. The van der Waals surface area contributed by atoms with Gasteiger partial charge in [-0.25, -0.2) is 0 Å². The fourth-order valence-corrected chi connectivity index (χ4v) is 6.70. The molecule has 0 unspecified atom stereocenters.